The number of benzene rings is 2. The van der Waals surface area contributed by atoms with Crippen LogP contribution in [-0.2, 0) is 14.4 Å². The lowest BCUT2D eigenvalue weighted by atomic mass is 10.0. The van der Waals surface area contributed by atoms with E-state index in [1.165, 1.54) is 9.80 Å². The van der Waals surface area contributed by atoms with Crippen LogP contribution in [0, 0.1) is 12.8 Å². The molecule has 1 aliphatic heterocycles. The molecular formula is C30H40N4O6. The maximum absolute atomic E-state index is 13.5. The molecule has 2 atom stereocenters. The van der Waals surface area contributed by atoms with E-state index in [1.54, 1.807) is 38.4 Å². The van der Waals surface area contributed by atoms with Gasteiger partial charge in [0.15, 0.2) is 0 Å². The van der Waals surface area contributed by atoms with Gasteiger partial charge in [0.1, 0.15) is 36.8 Å². The van der Waals surface area contributed by atoms with Crippen molar-refractivity contribution < 1.29 is 28.7 Å². The number of hydrogen-bond acceptors (Lipinski definition) is 6. The molecule has 0 unspecified atom stereocenters. The fourth-order valence-corrected chi connectivity index (χ4v) is 4.40. The zero-order chi connectivity index (χ0) is 29.2. The van der Waals surface area contributed by atoms with E-state index in [0.29, 0.717) is 12.2 Å². The van der Waals surface area contributed by atoms with Crippen LogP contribution < -0.4 is 20.1 Å². The lowest BCUT2D eigenvalue weighted by Gasteiger charge is -2.28. The van der Waals surface area contributed by atoms with Crippen LogP contribution in [0.3, 0.4) is 0 Å². The van der Waals surface area contributed by atoms with E-state index in [-0.39, 0.29) is 50.1 Å². The summed E-state index contributed by atoms with van der Waals surface area (Å²) in [5.41, 5.74) is 1.21. The Kier molecular flexibility index (Phi) is 10.9. The van der Waals surface area contributed by atoms with E-state index in [4.69, 9.17) is 9.47 Å². The van der Waals surface area contributed by atoms with Crippen molar-refractivity contribution in [3.05, 3.63) is 59.7 Å². The molecule has 0 saturated heterocycles. The zero-order valence-corrected chi connectivity index (χ0v) is 23.9. The van der Waals surface area contributed by atoms with Crippen LogP contribution >= 0.6 is 0 Å². The molecule has 4 amide bonds. The molecule has 0 bridgehead atoms. The van der Waals surface area contributed by atoms with Crippen LogP contribution in [-0.4, -0.2) is 85.9 Å². The Balaban J connectivity index is 1.82. The van der Waals surface area contributed by atoms with E-state index in [1.807, 2.05) is 45.0 Å². The second-order valence-corrected chi connectivity index (χ2v) is 10.5. The van der Waals surface area contributed by atoms with Gasteiger partial charge in [-0.1, -0.05) is 44.2 Å². The Morgan fingerprint density at radius 3 is 2.52 bits per heavy atom. The summed E-state index contributed by atoms with van der Waals surface area (Å²) < 4.78 is 11.7. The van der Waals surface area contributed by atoms with Gasteiger partial charge in [-0.25, -0.2) is 0 Å². The number of carbonyl (C=O) groups excluding carboxylic acids is 4. The minimum Gasteiger partial charge on any atom is -0.491 e. The van der Waals surface area contributed by atoms with Gasteiger partial charge in [-0.2, -0.15) is 0 Å². The third-order valence-corrected chi connectivity index (χ3v) is 6.68. The first-order chi connectivity index (χ1) is 19.1. The molecule has 2 N–H and O–H groups in total. The normalized spacial score (nSPS) is 18.6. The number of amides is 4. The number of para-hydroxylation sites is 2. The lowest BCUT2D eigenvalue weighted by Crippen LogP contribution is -2.53. The summed E-state index contributed by atoms with van der Waals surface area (Å²) >= 11 is 0. The summed E-state index contributed by atoms with van der Waals surface area (Å²) in [5, 5.41) is 5.52. The van der Waals surface area contributed by atoms with Crippen molar-refractivity contribution in [3.8, 4) is 11.5 Å². The second-order valence-electron chi connectivity index (χ2n) is 10.5. The highest BCUT2D eigenvalue weighted by Crippen LogP contribution is 2.19. The van der Waals surface area contributed by atoms with Crippen LogP contribution in [0.2, 0.25) is 0 Å². The molecule has 216 valence electrons. The van der Waals surface area contributed by atoms with E-state index >= 15 is 0 Å². The predicted molar refractivity (Wildman–Crippen MR) is 151 cm³/mol. The van der Waals surface area contributed by atoms with Crippen molar-refractivity contribution >= 4 is 23.6 Å². The zero-order valence-electron chi connectivity index (χ0n) is 23.9. The number of aryl methyl sites for hydroxylation is 1. The van der Waals surface area contributed by atoms with Crippen LogP contribution in [0.15, 0.2) is 48.5 Å². The Bertz CT molecular complexity index is 1200. The fourth-order valence-electron chi connectivity index (χ4n) is 4.40. The molecule has 1 heterocycles. The number of likely N-dealkylation sites (N-methyl/N-ethyl adjacent to an activating group) is 2. The third-order valence-electron chi connectivity index (χ3n) is 6.68. The molecule has 2 aromatic carbocycles. The Hall–Kier alpha value is -4.08. The number of fused-ring (bicyclic) bond motifs is 1. The molecule has 10 nitrogen and oxygen atoms in total. The quantitative estimate of drug-likeness (QED) is 0.545. The van der Waals surface area contributed by atoms with Crippen molar-refractivity contribution in [2.24, 2.45) is 5.92 Å². The average molecular weight is 553 g/mol. The number of nitrogens with one attached hydrogen (secondary N) is 2. The van der Waals surface area contributed by atoms with E-state index in [2.05, 4.69) is 10.6 Å². The molecule has 40 heavy (non-hydrogen) atoms. The van der Waals surface area contributed by atoms with E-state index in [9.17, 15) is 19.2 Å². The second kappa shape index (κ2) is 14.3. The van der Waals surface area contributed by atoms with Gasteiger partial charge in [-0.05, 0) is 43.0 Å². The number of hydrogen-bond donors (Lipinski definition) is 2. The van der Waals surface area contributed by atoms with Gasteiger partial charge < -0.3 is 29.9 Å². The fraction of sp³-hybridized carbons (Fsp3) is 0.467. The molecule has 1 aliphatic rings. The molecule has 0 saturated carbocycles. The van der Waals surface area contributed by atoms with Crippen LogP contribution in [0.25, 0.3) is 0 Å². The van der Waals surface area contributed by atoms with Crippen molar-refractivity contribution in [2.75, 3.05) is 40.4 Å². The summed E-state index contributed by atoms with van der Waals surface area (Å²) in [4.78, 5) is 56.1. The Labute approximate surface area is 236 Å². The van der Waals surface area contributed by atoms with E-state index in [0.717, 1.165) is 11.3 Å². The topological polar surface area (TPSA) is 117 Å². The summed E-state index contributed by atoms with van der Waals surface area (Å²) in [6, 6.07) is 12.3. The SMILES string of the molecule is Cc1ccccc1OCCN(C)C(=O)[C@@H]1CC(=O)N[C@@H](CC(C)C)C(=O)N(C)CCOc2ccccc2C(=O)N1. The summed E-state index contributed by atoms with van der Waals surface area (Å²) in [6.07, 6.45) is 0.0991. The molecular weight excluding hydrogens is 512 g/mol. The van der Waals surface area contributed by atoms with Crippen molar-refractivity contribution in [1.29, 1.82) is 0 Å². The maximum Gasteiger partial charge on any atom is 0.255 e. The van der Waals surface area contributed by atoms with Gasteiger partial charge >= 0.3 is 0 Å². The van der Waals surface area contributed by atoms with Crippen LogP contribution in [0.5, 0.6) is 11.5 Å². The van der Waals surface area contributed by atoms with Crippen molar-refractivity contribution in [3.63, 3.8) is 0 Å². The van der Waals surface area contributed by atoms with Gasteiger partial charge in [-0.3, -0.25) is 19.2 Å². The minimum absolute atomic E-state index is 0.140. The summed E-state index contributed by atoms with van der Waals surface area (Å²) in [5.74, 6) is -0.548. The first-order valence-electron chi connectivity index (χ1n) is 13.6. The molecule has 0 spiro atoms. The summed E-state index contributed by atoms with van der Waals surface area (Å²) in [6.45, 7) is 6.76. The standard InChI is InChI=1S/C30H40N4O6/c1-20(2)18-23-29(37)33(4)15-17-40-26-13-9-7-11-22(26)28(36)32-24(19-27(35)31-23)30(38)34(5)14-16-39-25-12-8-6-10-21(25)3/h6-13,20,23-24H,14-19H2,1-5H3,(H,31,35)(H,32,36)/t23-,24-/m0/s1. The molecule has 0 fully saturated rings. The van der Waals surface area contributed by atoms with Crippen LogP contribution in [0.4, 0.5) is 0 Å². The molecule has 0 radical (unpaired) electrons. The van der Waals surface area contributed by atoms with Crippen molar-refractivity contribution in [1.82, 2.24) is 20.4 Å². The minimum atomic E-state index is -1.17. The maximum atomic E-state index is 13.5. The first kappa shape index (κ1) is 30.5. The Morgan fingerprint density at radius 2 is 1.80 bits per heavy atom. The van der Waals surface area contributed by atoms with Crippen molar-refractivity contribution in [2.45, 2.75) is 45.7 Å². The van der Waals surface area contributed by atoms with Crippen LogP contribution in [0.1, 0.15) is 42.6 Å². The molecule has 3 rings (SSSR count). The average Bonchev–Trinajstić information content (AvgIpc) is 2.91. The largest absolute Gasteiger partial charge is 0.491 e. The smallest absolute Gasteiger partial charge is 0.255 e. The highest BCUT2D eigenvalue weighted by Gasteiger charge is 2.31. The highest BCUT2D eigenvalue weighted by atomic mass is 16.5. The number of carbonyl (C=O) groups is 4. The van der Waals surface area contributed by atoms with Gasteiger partial charge in [0.05, 0.1) is 25.1 Å². The first-order valence-corrected chi connectivity index (χ1v) is 13.6. The third kappa shape index (κ3) is 8.46. The van der Waals surface area contributed by atoms with Gasteiger partial charge in [0.25, 0.3) is 5.91 Å². The molecule has 2 aromatic rings. The summed E-state index contributed by atoms with van der Waals surface area (Å²) in [7, 11) is 3.24. The predicted octanol–water partition coefficient (Wildman–Crippen LogP) is 2.40. The number of nitrogens with zero attached hydrogens (tertiary/aromatic N) is 2. The van der Waals surface area contributed by atoms with Gasteiger partial charge in [0, 0.05) is 14.1 Å². The van der Waals surface area contributed by atoms with Gasteiger partial charge in [-0.15, -0.1) is 0 Å². The monoisotopic (exact) mass is 552 g/mol. The van der Waals surface area contributed by atoms with E-state index < -0.39 is 29.8 Å². The lowest BCUT2D eigenvalue weighted by molar-refractivity contribution is -0.137. The molecule has 0 aromatic heterocycles. The number of ether oxygens (including phenoxy) is 2. The molecule has 10 heteroatoms. The number of rotatable bonds is 7. The highest BCUT2D eigenvalue weighted by molar-refractivity contribution is 6.01. The Morgan fingerprint density at radius 1 is 1.10 bits per heavy atom. The van der Waals surface area contributed by atoms with Gasteiger partial charge in [0.2, 0.25) is 17.7 Å². The molecule has 0 aliphatic carbocycles.